The van der Waals surface area contributed by atoms with Gasteiger partial charge in [0.05, 0.1) is 5.41 Å². The molecular weight excluding hydrogens is 298 g/mol. The van der Waals surface area contributed by atoms with E-state index < -0.39 is 5.41 Å². The van der Waals surface area contributed by atoms with Gasteiger partial charge in [-0.1, -0.05) is 44.2 Å². The number of carbonyl (C=O) groups is 1. The number of ketones is 1. The number of aryl methyl sites for hydroxylation is 1. The number of rotatable bonds is 1. The van der Waals surface area contributed by atoms with Crippen LogP contribution in [0.3, 0.4) is 0 Å². The highest BCUT2D eigenvalue weighted by molar-refractivity contribution is 6.02. The third-order valence-electron chi connectivity index (χ3n) is 5.44. The number of benzene rings is 1. The average Bonchev–Trinajstić information content (AvgIpc) is 2.88. The van der Waals surface area contributed by atoms with Gasteiger partial charge < -0.3 is 5.32 Å². The summed E-state index contributed by atoms with van der Waals surface area (Å²) in [6, 6.07) is 10.3. The summed E-state index contributed by atoms with van der Waals surface area (Å²) < 4.78 is 0. The number of nitrogens with one attached hydrogen (secondary N) is 2. The molecule has 0 saturated heterocycles. The van der Waals surface area contributed by atoms with Crippen LogP contribution in [-0.4, -0.2) is 16.0 Å². The van der Waals surface area contributed by atoms with E-state index in [4.69, 9.17) is 0 Å². The smallest absolute Gasteiger partial charge is 0.162 e. The van der Waals surface area contributed by atoms with E-state index in [1.54, 1.807) is 0 Å². The summed E-state index contributed by atoms with van der Waals surface area (Å²) >= 11 is 0. The van der Waals surface area contributed by atoms with E-state index in [-0.39, 0.29) is 11.2 Å². The van der Waals surface area contributed by atoms with E-state index in [1.807, 2.05) is 25.1 Å². The van der Waals surface area contributed by atoms with Gasteiger partial charge in [-0.25, -0.2) is 0 Å². The Kier molecular flexibility index (Phi) is 3.05. The van der Waals surface area contributed by atoms with Crippen molar-refractivity contribution in [1.29, 1.82) is 0 Å². The first kappa shape index (κ1) is 15.2. The van der Waals surface area contributed by atoms with Gasteiger partial charge in [0.1, 0.15) is 0 Å². The van der Waals surface area contributed by atoms with Gasteiger partial charge in [0.25, 0.3) is 0 Å². The van der Waals surface area contributed by atoms with Crippen LogP contribution < -0.4 is 5.32 Å². The van der Waals surface area contributed by atoms with Gasteiger partial charge in [-0.05, 0) is 31.2 Å². The Hall–Kier alpha value is -2.36. The molecule has 0 spiro atoms. The third-order valence-corrected chi connectivity index (χ3v) is 5.44. The highest BCUT2D eigenvalue weighted by Crippen LogP contribution is 2.52. The van der Waals surface area contributed by atoms with Crippen LogP contribution in [0.5, 0.6) is 0 Å². The minimum Gasteiger partial charge on any atom is -0.342 e. The van der Waals surface area contributed by atoms with Crippen molar-refractivity contribution in [2.45, 2.75) is 46.0 Å². The molecule has 124 valence electrons. The monoisotopic (exact) mass is 321 g/mol. The van der Waals surface area contributed by atoms with Crippen molar-refractivity contribution in [3.8, 4) is 0 Å². The van der Waals surface area contributed by atoms with E-state index in [9.17, 15) is 4.79 Å². The summed E-state index contributed by atoms with van der Waals surface area (Å²) in [4.78, 5) is 13.1. The molecule has 4 nitrogen and oxygen atoms in total. The number of fused-ring (bicyclic) bond motifs is 1. The van der Waals surface area contributed by atoms with Crippen LogP contribution in [0.2, 0.25) is 0 Å². The van der Waals surface area contributed by atoms with Crippen LogP contribution in [0, 0.1) is 12.3 Å². The second-order valence-electron chi connectivity index (χ2n) is 7.98. The van der Waals surface area contributed by atoms with Gasteiger partial charge in [0, 0.05) is 28.9 Å². The van der Waals surface area contributed by atoms with Crippen LogP contribution in [0.1, 0.15) is 50.4 Å². The molecule has 0 bridgehead atoms. The van der Waals surface area contributed by atoms with Crippen molar-refractivity contribution >= 4 is 11.6 Å². The van der Waals surface area contributed by atoms with E-state index >= 15 is 0 Å². The van der Waals surface area contributed by atoms with Gasteiger partial charge in [0.2, 0.25) is 0 Å². The molecule has 1 aromatic carbocycles. The standard InChI is InChI=1S/C20H23N3O/c1-12-16-18(23-22-12)21-14-10-19(2,3)11-15(24)17(14)20(16,4)13-8-6-5-7-9-13/h5-9H,10-11H2,1-4H3,(H2,21,22,23). The first-order valence-corrected chi connectivity index (χ1v) is 8.48. The number of nitrogens with zero attached hydrogens (tertiary/aromatic N) is 1. The number of aromatic nitrogens is 2. The summed E-state index contributed by atoms with van der Waals surface area (Å²) in [6.45, 7) is 8.50. The largest absolute Gasteiger partial charge is 0.342 e. The minimum absolute atomic E-state index is 0.0244. The molecule has 2 heterocycles. The summed E-state index contributed by atoms with van der Waals surface area (Å²) in [5.41, 5.74) is 4.67. The first-order chi connectivity index (χ1) is 11.3. The Morgan fingerprint density at radius 1 is 1.08 bits per heavy atom. The number of anilines is 1. The maximum absolute atomic E-state index is 13.1. The van der Waals surface area contributed by atoms with Crippen molar-refractivity contribution in [2.75, 3.05) is 5.32 Å². The van der Waals surface area contributed by atoms with Gasteiger partial charge in [-0.2, -0.15) is 5.10 Å². The zero-order valence-electron chi connectivity index (χ0n) is 14.7. The maximum Gasteiger partial charge on any atom is 0.162 e. The van der Waals surface area contributed by atoms with Gasteiger partial charge in [-0.15, -0.1) is 0 Å². The summed E-state index contributed by atoms with van der Waals surface area (Å²) in [5, 5.41) is 11.0. The van der Waals surface area contributed by atoms with Crippen molar-refractivity contribution in [3.05, 3.63) is 58.4 Å². The second-order valence-corrected chi connectivity index (χ2v) is 7.98. The molecule has 2 aromatic rings. The van der Waals surface area contributed by atoms with Crippen molar-refractivity contribution in [1.82, 2.24) is 10.2 Å². The number of hydrogen-bond acceptors (Lipinski definition) is 3. The predicted octanol–water partition coefficient (Wildman–Crippen LogP) is 4.09. The molecule has 2 N–H and O–H groups in total. The number of hydrogen-bond donors (Lipinski definition) is 2. The molecule has 0 saturated carbocycles. The molecule has 0 fully saturated rings. The zero-order chi connectivity index (χ0) is 17.1. The van der Waals surface area contributed by atoms with E-state index in [0.717, 1.165) is 40.3 Å². The normalized spacial score (nSPS) is 25.1. The Morgan fingerprint density at radius 2 is 1.79 bits per heavy atom. The number of Topliss-reactive ketones (excluding diaryl/α,β-unsaturated/α-hetero) is 1. The second kappa shape index (κ2) is 4.82. The fraction of sp³-hybridized carbons (Fsp3) is 0.400. The summed E-state index contributed by atoms with van der Waals surface area (Å²) in [5.74, 6) is 1.09. The molecule has 1 unspecified atom stereocenters. The number of carbonyl (C=O) groups excluding carboxylic acids is 1. The Morgan fingerprint density at radius 3 is 2.50 bits per heavy atom. The predicted molar refractivity (Wildman–Crippen MR) is 94.9 cm³/mol. The maximum atomic E-state index is 13.1. The van der Waals surface area contributed by atoms with Crippen LogP contribution in [-0.2, 0) is 10.2 Å². The first-order valence-electron chi connectivity index (χ1n) is 8.48. The topological polar surface area (TPSA) is 57.8 Å². The molecule has 4 rings (SSSR count). The van der Waals surface area contributed by atoms with E-state index in [1.165, 1.54) is 0 Å². The molecule has 0 amide bonds. The average molecular weight is 321 g/mol. The quantitative estimate of drug-likeness (QED) is 0.831. The molecule has 1 aliphatic carbocycles. The van der Waals surface area contributed by atoms with Crippen LogP contribution in [0.4, 0.5) is 5.82 Å². The van der Waals surface area contributed by atoms with Gasteiger partial charge in [-0.3, -0.25) is 9.89 Å². The molecule has 1 aliphatic heterocycles. The van der Waals surface area contributed by atoms with E-state index in [2.05, 4.69) is 48.4 Å². The van der Waals surface area contributed by atoms with Crippen LogP contribution in [0.25, 0.3) is 0 Å². The molecular formula is C20H23N3O. The Balaban J connectivity index is 2.02. The summed E-state index contributed by atoms with van der Waals surface area (Å²) in [7, 11) is 0. The number of aromatic amines is 1. The molecule has 2 aliphatic rings. The van der Waals surface area contributed by atoms with Crippen LogP contribution in [0.15, 0.2) is 41.6 Å². The lowest BCUT2D eigenvalue weighted by molar-refractivity contribution is -0.118. The number of H-pyrrole nitrogens is 1. The fourth-order valence-electron chi connectivity index (χ4n) is 4.47. The molecule has 24 heavy (non-hydrogen) atoms. The molecule has 4 heteroatoms. The van der Waals surface area contributed by atoms with Crippen molar-refractivity contribution < 1.29 is 4.79 Å². The van der Waals surface area contributed by atoms with Gasteiger partial charge in [0.15, 0.2) is 11.6 Å². The zero-order valence-corrected chi connectivity index (χ0v) is 14.7. The molecule has 1 aromatic heterocycles. The lowest BCUT2D eigenvalue weighted by Crippen LogP contribution is -2.42. The third kappa shape index (κ3) is 1.98. The highest BCUT2D eigenvalue weighted by Gasteiger charge is 2.49. The van der Waals surface area contributed by atoms with Gasteiger partial charge >= 0.3 is 0 Å². The molecule has 0 radical (unpaired) electrons. The lowest BCUT2D eigenvalue weighted by atomic mass is 9.62. The van der Waals surface area contributed by atoms with E-state index in [0.29, 0.717) is 6.42 Å². The van der Waals surface area contributed by atoms with Crippen molar-refractivity contribution in [2.24, 2.45) is 5.41 Å². The highest BCUT2D eigenvalue weighted by atomic mass is 16.1. The lowest BCUT2D eigenvalue weighted by Gasteiger charge is -2.43. The Bertz CT molecular complexity index is 860. The Labute approximate surface area is 142 Å². The number of allylic oxidation sites excluding steroid dienone is 2. The summed E-state index contributed by atoms with van der Waals surface area (Å²) in [6.07, 6.45) is 1.45. The minimum atomic E-state index is -0.470. The van der Waals surface area contributed by atoms with Crippen LogP contribution >= 0.6 is 0 Å². The fourth-order valence-corrected chi connectivity index (χ4v) is 4.47. The molecule has 1 atom stereocenters. The SMILES string of the molecule is Cc1[nH]nc2c1C(C)(c1ccccc1)C1=C(CC(C)(C)CC1=O)N2. The van der Waals surface area contributed by atoms with Crippen molar-refractivity contribution in [3.63, 3.8) is 0 Å².